The second-order valence-electron chi connectivity index (χ2n) is 3.16. The molecule has 6 heteroatoms. The van der Waals surface area contributed by atoms with Crippen LogP contribution >= 0.6 is 11.3 Å². The van der Waals surface area contributed by atoms with Crippen molar-refractivity contribution in [2.75, 3.05) is 0 Å². The zero-order valence-corrected chi connectivity index (χ0v) is 9.30. The Labute approximate surface area is 91.1 Å². The number of aryl methyl sites for hydroxylation is 1. The number of carbonyl (C=O) groups excluding carboxylic acids is 1. The molecule has 0 aliphatic rings. The van der Waals surface area contributed by atoms with Gasteiger partial charge in [-0.3, -0.25) is 9.59 Å². The molecular weight excluding hydrogens is 216 g/mol. The first kappa shape index (κ1) is 11.6. The second-order valence-corrected chi connectivity index (χ2v) is 4.10. The summed E-state index contributed by atoms with van der Waals surface area (Å²) in [5.41, 5.74) is 0.899. The van der Waals surface area contributed by atoms with Crippen molar-refractivity contribution >= 4 is 23.2 Å². The van der Waals surface area contributed by atoms with E-state index in [1.807, 2.05) is 12.3 Å². The third kappa shape index (κ3) is 3.32. The molecule has 0 fully saturated rings. The van der Waals surface area contributed by atoms with Crippen LogP contribution in [-0.4, -0.2) is 22.0 Å². The maximum atomic E-state index is 11.2. The smallest absolute Gasteiger partial charge is 0.315 e. The van der Waals surface area contributed by atoms with Crippen molar-refractivity contribution in [3.8, 4) is 0 Å². The molecule has 0 aliphatic heterocycles. The van der Waals surface area contributed by atoms with Crippen LogP contribution in [0.1, 0.15) is 17.6 Å². The number of hydrogen-bond acceptors (Lipinski definition) is 4. The van der Waals surface area contributed by atoms with Crippen molar-refractivity contribution in [1.82, 2.24) is 10.3 Å². The molecule has 15 heavy (non-hydrogen) atoms. The number of aliphatic carboxylic acids is 1. The number of carboxylic acid groups (broad SMARTS) is 1. The minimum atomic E-state index is -1.12. The molecule has 1 rings (SSSR count). The molecule has 82 valence electrons. The maximum Gasteiger partial charge on any atom is 0.315 e. The van der Waals surface area contributed by atoms with E-state index in [4.69, 9.17) is 5.11 Å². The predicted molar refractivity (Wildman–Crippen MR) is 55.5 cm³/mol. The Morgan fingerprint density at radius 3 is 2.80 bits per heavy atom. The van der Waals surface area contributed by atoms with E-state index >= 15 is 0 Å². The van der Waals surface area contributed by atoms with Gasteiger partial charge in [-0.05, 0) is 13.8 Å². The van der Waals surface area contributed by atoms with Crippen molar-refractivity contribution in [1.29, 1.82) is 0 Å². The molecule has 0 aliphatic carbocycles. The molecule has 5 nitrogen and oxygen atoms in total. The zero-order valence-electron chi connectivity index (χ0n) is 8.48. The minimum Gasteiger partial charge on any atom is -0.481 e. The first-order valence-electron chi connectivity index (χ1n) is 4.42. The van der Waals surface area contributed by atoms with Crippen LogP contribution in [0, 0.1) is 12.8 Å². The van der Waals surface area contributed by atoms with Crippen LogP contribution in [0.25, 0.3) is 0 Å². The highest BCUT2D eigenvalue weighted by Gasteiger charge is 2.19. The Morgan fingerprint density at radius 1 is 1.67 bits per heavy atom. The third-order valence-electron chi connectivity index (χ3n) is 1.84. The van der Waals surface area contributed by atoms with Gasteiger partial charge in [0.25, 0.3) is 0 Å². The summed E-state index contributed by atoms with van der Waals surface area (Å²) in [6.07, 6.45) is 0. The topological polar surface area (TPSA) is 79.3 Å². The molecule has 1 aromatic heterocycles. The van der Waals surface area contributed by atoms with E-state index in [9.17, 15) is 9.59 Å². The minimum absolute atomic E-state index is 0.287. The number of carboxylic acids is 1. The first-order chi connectivity index (χ1) is 7.00. The summed E-state index contributed by atoms with van der Waals surface area (Å²) >= 11 is 1.44. The number of nitrogens with one attached hydrogen (secondary N) is 1. The highest BCUT2D eigenvalue weighted by atomic mass is 32.1. The lowest BCUT2D eigenvalue weighted by atomic mass is 10.2. The standard InChI is InChI=1S/C9H12N2O3S/c1-5-4-15-7(11-5)3-10-8(12)6(2)9(13)14/h4,6H,3H2,1-2H3,(H,10,12)(H,13,14). The highest BCUT2D eigenvalue weighted by Crippen LogP contribution is 2.08. The largest absolute Gasteiger partial charge is 0.481 e. The van der Waals surface area contributed by atoms with Gasteiger partial charge in [-0.2, -0.15) is 0 Å². The molecule has 2 N–H and O–H groups in total. The lowest BCUT2D eigenvalue weighted by Crippen LogP contribution is -2.33. The molecule has 1 unspecified atom stereocenters. The second kappa shape index (κ2) is 4.88. The number of hydrogen-bond donors (Lipinski definition) is 2. The Kier molecular flexibility index (Phi) is 3.79. The molecule has 0 aromatic carbocycles. The van der Waals surface area contributed by atoms with Crippen LogP contribution in [0.2, 0.25) is 0 Å². The number of nitrogens with zero attached hydrogens (tertiary/aromatic N) is 1. The Balaban J connectivity index is 2.44. The van der Waals surface area contributed by atoms with Crippen LogP contribution < -0.4 is 5.32 Å². The Bertz CT molecular complexity index is 375. The van der Waals surface area contributed by atoms with Crippen LogP contribution in [0.15, 0.2) is 5.38 Å². The molecule has 0 saturated carbocycles. The van der Waals surface area contributed by atoms with Gasteiger partial charge in [-0.25, -0.2) is 4.98 Å². The SMILES string of the molecule is Cc1csc(CNC(=O)C(C)C(=O)O)n1. The molecule has 0 bridgehead atoms. The van der Waals surface area contributed by atoms with Crippen LogP contribution in [-0.2, 0) is 16.1 Å². The van der Waals surface area contributed by atoms with Crippen LogP contribution in [0.4, 0.5) is 0 Å². The molecule has 1 atom stereocenters. The van der Waals surface area contributed by atoms with Crippen molar-refractivity contribution in [2.24, 2.45) is 5.92 Å². The van der Waals surface area contributed by atoms with Crippen molar-refractivity contribution < 1.29 is 14.7 Å². The molecule has 1 heterocycles. The fraction of sp³-hybridized carbons (Fsp3) is 0.444. The van der Waals surface area contributed by atoms with E-state index in [1.165, 1.54) is 18.3 Å². The molecule has 1 amide bonds. The van der Waals surface area contributed by atoms with Gasteiger partial charge in [0, 0.05) is 11.1 Å². The van der Waals surface area contributed by atoms with Crippen molar-refractivity contribution in [3.63, 3.8) is 0 Å². The summed E-state index contributed by atoms with van der Waals surface area (Å²) in [7, 11) is 0. The summed E-state index contributed by atoms with van der Waals surface area (Å²) in [6.45, 7) is 3.50. The van der Waals surface area contributed by atoms with Crippen molar-refractivity contribution in [2.45, 2.75) is 20.4 Å². The average molecular weight is 228 g/mol. The molecule has 0 saturated heterocycles. The maximum absolute atomic E-state index is 11.2. The van der Waals surface area contributed by atoms with E-state index < -0.39 is 17.8 Å². The predicted octanol–water partition coefficient (Wildman–Crippen LogP) is 0.788. The van der Waals surface area contributed by atoms with E-state index in [2.05, 4.69) is 10.3 Å². The van der Waals surface area contributed by atoms with Gasteiger partial charge in [0.2, 0.25) is 5.91 Å². The summed E-state index contributed by atoms with van der Waals surface area (Å²) < 4.78 is 0. The fourth-order valence-corrected chi connectivity index (χ4v) is 1.62. The summed E-state index contributed by atoms with van der Waals surface area (Å²) in [6, 6.07) is 0. The lowest BCUT2D eigenvalue weighted by molar-refractivity contribution is -0.146. The third-order valence-corrected chi connectivity index (χ3v) is 2.81. The van der Waals surface area contributed by atoms with Gasteiger partial charge in [-0.1, -0.05) is 0 Å². The molecular formula is C9H12N2O3S. The van der Waals surface area contributed by atoms with Gasteiger partial charge in [0.15, 0.2) is 0 Å². The summed E-state index contributed by atoms with van der Waals surface area (Å²) in [5, 5.41) is 13.8. The molecule has 0 radical (unpaired) electrons. The fourth-order valence-electron chi connectivity index (χ4n) is 0.912. The van der Waals surface area contributed by atoms with E-state index in [0.717, 1.165) is 10.7 Å². The van der Waals surface area contributed by atoms with E-state index in [0.29, 0.717) is 0 Å². The van der Waals surface area contributed by atoms with E-state index in [-0.39, 0.29) is 6.54 Å². The Hall–Kier alpha value is -1.43. The normalized spacial score (nSPS) is 12.1. The van der Waals surface area contributed by atoms with Gasteiger partial charge < -0.3 is 10.4 Å². The van der Waals surface area contributed by atoms with Crippen molar-refractivity contribution in [3.05, 3.63) is 16.1 Å². The number of carbonyl (C=O) groups is 2. The van der Waals surface area contributed by atoms with E-state index in [1.54, 1.807) is 0 Å². The lowest BCUT2D eigenvalue weighted by Gasteiger charge is -2.06. The molecule has 1 aromatic rings. The zero-order chi connectivity index (χ0) is 11.4. The number of rotatable bonds is 4. The quantitative estimate of drug-likeness (QED) is 0.747. The van der Waals surface area contributed by atoms with Gasteiger partial charge >= 0.3 is 5.97 Å². The van der Waals surface area contributed by atoms with Crippen LogP contribution in [0.3, 0.4) is 0 Å². The first-order valence-corrected chi connectivity index (χ1v) is 5.30. The number of aromatic nitrogens is 1. The highest BCUT2D eigenvalue weighted by molar-refractivity contribution is 7.09. The number of amides is 1. The Morgan fingerprint density at radius 2 is 2.33 bits per heavy atom. The molecule has 0 spiro atoms. The van der Waals surface area contributed by atoms with Gasteiger partial charge in [0.1, 0.15) is 10.9 Å². The number of thiazole rings is 1. The van der Waals surface area contributed by atoms with Gasteiger partial charge in [0.05, 0.1) is 6.54 Å². The van der Waals surface area contributed by atoms with Crippen LogP contribution in [0.5, 0.6) is 0 Å². The average Bonchev–Trinajstić information content (AvgIpc) is 2.59. The monoisotopic (exact) mass is 228 g/mol. The van der Waals surface area contributed by atoms with Gasteiger partial charge in [-0.15, -0.1) is 11.3 Å². The summed E-state index contributed by atoms with van der Waals surface area (Å²) in [4.78, 5) is 25.9. The summed E-state index contributed by atoms with van der Waals surface area (Å²) in [5.74, 6) is -2.63.